The number of halogens is 2. The highest BCUT2D eigenvalue weighted by atomic mass is 35.5. The lowest BCUT2D eigenvalue weighted by Gasteiger charge is -2.03. The summed E-state index contributed by atoms with van der Waals surface area (Å²) in [7, 11) is 0. The molecule has 0 aliphatic carbocycles. The lowest BCUT2D eigenvalue weighted by Crippen LogP contribution is -1.90. The van der Waals surface area contributed by atoms with Crippen molar-refractivity contribution in [1.29, 1.82) is 0 Å². The highest BCUT2D eigenvalue weighted by Gasteiger charge is 2.08. The van der Waals surface area contributed by atoms with Gasteiger partial charge in [0.2, 0.25) is 0 Å². The molecule has 0 radical (unpaired) electrons. The van der Waals surface area contributed by atoms with E-state index in [9.17, 15) is 5.11 Å². The van der Waals surface area contributed by atoms with E-state index in [0.717, 1.165) is 0 Å². The summed E-state index contributed by atoms with van der Waals surface area (Å²) < 4.78 is 0. The van der Waals surface area contributed by atoms with Crippen molar-refractivity contribution in [3.8, 4) is 17.1 Å². The summed E-state index contributed by atoms with van der Waals surface area (Å²) in [5.41, 5.74) is 0.502. The predicted octanol–water partition coefficient (Wildman–Crippen LogP) is 3.16. The second-order valence-corrected chi connectivity index (χ2v) is 3.63. The van der Waals surface area contributed by atoms with Crippen molar-refractivity contribution in [2.45, 2.75) is 0 Å². The number of rotatable bonds is 1. The summed E-state index contributed by atoms with van der Waals surface area (Å²) in [6.45, 7) is 0. The van der Waals surface area contributed by atoms with Crippen LogP contribution < -0.4 is 0 Å². The van der Waals surface area contributed by atoms with E-state index in [2.05, 4.69) is 9.97 Å². The van der Waals surface area contributed by atoms with Crippen molar-refractivity contribution in [2.75, 3.05) is 0 Å². The summed E-state index contributed by atoms with van der Waals surface area (Å²) in [4.78, 5) is 7.95. The molecular formula is C10H6Cl2N2O. The molecule has 1 aromatic carbocycles. The van der Waals surface area contributed by atoms with Gasteiger partial charge in [0.25, 0.3) is 0 Å². The summed E-state index contributed by atoms with van der Waals surface area (Å²) >= 11 is 11.5. The molecule has 5 heteroatoms. The van der Waals surface area contributed by atoms with Crippen LogP contribution in [0.2, 0.25) is 10.3 Å². The van der Waals surface area contributed by atoms with Crippen LogP contribution in [0.25, 0.3) is 11.4 Å². The van der Waals surface area contributed by atoms with E-state index in [-0.39, 0.29) is 16.1 Å². The smallest absolute Gasteiger partial charge is 0.166 e. The van der Waals surface area contributed by atoms with Gasteiger partial charge in [-0.15, -0.1) is 0 Å². The minimum absolute atomic E-state index is 0.0934. The molecule has 2 rings (SSSR count). The highest BCUT2D eigenvalue weighted by Crippen LogP contribution is 2.27. The second-order valence-electron chi connectivity index (χ2n) is 2.85. The average molecular weight is 241 g/mol. The molecule has 0 atom stereocenters. The van der Waals surface area contributed by atoms with Gasteiger partial charge in [-0.05, 0) is 12.1 Å². The van der Waals surface area contributed by atoms with E-state index in [0.29, 0.717) is 11.4 Å². The normalized spacial score (nSPS) is 10.3. The van der Waals surface area contributed by atoms with E-state index in [4.69, 9.17) is 23.2 Å². The molecule has 3 nitrogen and oxygen atoms in total. The van der Waals surface area contributed by atoms with Gasteiger partial charge in [-0.2, -0.15) is 0 Å². The molecule has 0 aliphatic heterocycles. The van der Waals surface area contributed by atoms with Gasteiger partial charge in [0.15, 0.2) is 5.82 Å². The Labute approximate surface area is 96.3 Å². The molecule has 2 aromatic rings. The Bertz CT molecular complexity index is 482. The third-order valence-corrected chi connectivity index (χ3v) is 2.20. The second kappa shape index (κ2) is 4.04. The molecule has 0 spiro atoms. The van der Waals surface area contributed by atoms with Crippen LogP contribution in [-0.4, -0.2) is 15.1 Å². The Hall–Kier alpha value is -1.32. The fourth-order valence-electron chi connectivity index (χ4n) is 1.17. The number of hydrogen-bond acceptors (Lipinski definition) is 3. The number of aromatic hydroxyl groups is 1. The van der Waals surface area contributed by atoms with Crippen molar-refractivity contribution >= 4 is 23.2 Å². The van der Waals surface area contributed by atoms with Crippen molar-refractivity contribution in [2.24, 2.45) is 0 Å². The van der Waals surface area contributed by atoms with E-state index >= 15 is 0 Å². The Balaban J connectivity index is 2.59. The summed E-state index contributed by atoms with van der Waals surface area (Å²) in [5, 5.41) is 10.1. The quantitative estimate of drug-likeness (QED) is 0.780. The first-order chi connectivity index (χ1) is 7.16. The molecule has 15 heavy (non-hydrogen) atoms. The van der Waals surface area contributed by atoms with E-state index < -0.39 is 0 Å². The van der Waals surface area contributed by atoms with Gasteiger partial charge in [0.1, 0.15) is 16.1 Å². The predicted molar refractivity (Wildman–Crippen MR) is 59.2 cm³/mol. The van der Waals surface area contributed by atoms with Gasteiger partial charge in [-0.3, -0.25) is 0 Å². The maximum Gasteiger partial charge on any atom is 0.166 e. The van der Waals surface area contributed by atoms with Gasteiger partial charge >= 0.3 is 0 Å². The number of para-hydroxylation sites is 1. The van der Waals surface area contributed by atoms with Crippen LogP contribution in [0.15, 0.2) is 30.3 Å². The number of nitrogens with zero attached hydrogens (tertiary/aromatic N) is 2. The maximum atomic E-state index is 9.58. The lowest BCUT2D eigenvalue weighted by molar-refractivity contribution is 0.477. The minimum atomic E-state index is 0.0934. The van der Waals surface area contributed by atoms with Gasteiger partial charge in [-0.25, -0.2) is 9.97 Å². The van der Waals surface area contributed by atoms with Crippen LogP contribution in [0.4, 0.5) is 0 Å². The fourth-order valence-corrected chi connectivity index (χ4v) is 1.60. The zero-order valence-corrected chi connectivity index (χ0v) is 9.00. The third kappa shape index (κ3) is 2.19. The number of phenols is 1. The van der Waals surface area contributed by atoms with Gasteiger partial charge in [0.05, 0.1) is 5.56 Å². The Kier molecular flexibility index (Phi) is 2.75. The fraction of sp³-hybridized carbons (Fsp3) is 0. The van der Waals surface area contributed by atoms with Crippen molar-refractivity contribution in [3.05, 3.63) is 40.6 Å². The standard InChI is InChI=1S/C10H6Cl2N2O/c11-8-5-9(12)14-10(13-8)6-3-1-2-4-7(6)15/h1-5,15H. The molecule has 0 fully saturated rings. The highest BCUT2D eigenvalue weighted by molar-refractivity contribution is 6.33. The first-order valence-electron chi connectivity index (χ1n) is 4.15. The zero-order chi connectivity index (χ0) is 10.8. The molecular weight excluding hydrogens is 235 g/mol. The minimum Gasteiger partial charge on any atom is -0.507 e. The first-order valence-corrected chi connectivity index (χ1v) is 4.91. The Morgan fingerprint density at radius 2 is 1.60 bits per heavy atom. The van der Waals surface area contributed by atoms with E-state index in [1.165, 1.54) is 6.07 Å². The van der Waals surface area contributed by atoms with Crippen molar-refractivity contribution in [1.82, 2.24) is 9.97 Å². The monoisotopic (exact) mass is 240 g/mol. The molecule has 0 unspecified atom stereocenters. The first kappa shape index (κ1) is 10.2. The summed E-state index contributed by atoms with van der Waals surface area (Å²) in [6.07, 6.45) is 0. The van der Waals surface area contributed by atoms with Gasteiger partial charge in [0, 0.05) is 6.07 Å². The average Bonchev–Trinajstić information content (AvgIpc) is 2.16. The lowest BCUT2D eigenvalue weighted by atomic mass is 10.2. The van der Waals surface area contributed by atoms with E-state index in [1.807, 2.05) is 0 Å². The van der Waals surface area contributed by atoms with Crippen molar-refractivity contribution < 1.29 is 5.11 Å². The third-order valence-electron chi connectivity index (χ3n) is 1.81. The molecule has 0 aliphatic rings. The molecule has 76 valence electrons. The molecule has 1 aromatic heterocycles. The topological polar surface area (TPSA) is 46.0 Å². The maximum absolute atomic E-state index is 9.58. The Morgan fingerprint density at radius 3 is 2.20 bits per heavy atom. The largest absolute Gasteiger partial charge is 0.507 e. The van der Waals surface area contributed by atoms with E-state index in [1.54, 1.807) is 24.3 Å². The van der Waals surface area contributed by atoms with Crippen LogP contribution in [0.3, 0.4) is 0 Å². The molecule has 0 amide bonds. The number of hydrogen-bond donors (Lipinski definition) is 1. The zero-order valence-electron chi connectivity index (χ0n) is 7.48. The number of benzene rings is 1. The van der Waals surface area contributed by atoms with Gasteiger partial charge < -0.3 is 5.11 Å². The van der Waals surface area contributed by atoms with Crippen LogP contribution in [-0.2, 0) is 0 Å². The van der Waals surface area contributed by atoms with Crippen LogP contribution in [0.1, 0.15) is 0 Å². The Morgan fingerprint density at radius 1 is 1.00 bits per heavy atom. The van der Waals surface area contributed by atoms with Gasteiger partial charge in [-0.1, -0.05) is 35.3 Å². The SMILES string of the molecule is Oc1ccccc1-c1nc(Cl)cc(Cl)n1. The number of phenolic OH excluding ortho intramolecular Hbond substituents is 1. The van der Waals surface area contributed by atoms with Crippen LogP contribution in [0.5, 0.6) is 5.75 Å². The molecule has 0 bridgehead atoms. The molecule has 1 N–H and O–H groups in total. The summed E-state index contributed by atoms with van der Waals surface area (Å²) in [6, 6.07) is 8.16. The van der Waals surface area contributed by atoms with Crippen molar-refractivity contribution in [3.63, 3.8) is 0 Å². The number of aromatic nitrogens is 2. The molecule has 1 heterocycles. The van der Waals surface area contributed by atoms with Crippen LogP contribution >= 0.6 is 23.2 Å². The summed E-state index contributed by atoms with van der Waals surface area (Å²) in [5.74, 6) is 0.404. The molecule has 0 saturated carbocycles. The molecule has 0 saturated heterocycles. The van der Waals surface area contributed by atoms with Crippen LogP contribution in [0, 0.1) is 0 Å².